The van der Waals surface area contributed by atoms with Crippen LogP contribution in [0.2, 0.25) is 0 Å². The fraction of sp³-hybridized carbons (Fsp3) is 0.250. The Balaban J connectivity index is 2.74. The van der Waals surface area contributed by atoms with E-state index in [0.29, 0.717) is 0 Å². The molecule has 0 fully saturated rings. The molecule has 0 saturated carbocycles. The summed E-state index contributed by atoms with van der Waals surface area (Å²) in [5.74, 6) is -1.85. The first-order valence-corrected chi connectivity index (χ1v) is 5.71. The third-order valence-corrected chi connectivity index (χ3v) is 1.99. The maximum atomic E-state index is 11.7. The highest BCUT2D eigenvalue weighted by Crippen LogP contribution is 2.08. The second kappa shape index (κ2) is 7.38. The Morgan fingerprint density at radius 2 is 1.79 bits per heavy atom. The zero-order valence-corrected chi connectivity index (χ0v) is 10.8. The van der Waals surface area contributed by atoms with E-state index in [1.165, 1.54) is 12.1 Å². The topological polar surface area (TPSA) is 78.9 Å². The first-order valence-electron chi connectivity index (χ1n) is 5.33. The van der Waals surface area contributed by atoms with Gasteiger partial charge in [0.25, 0.3) is 0 Å². The third-order valence-electron chi connectivity index (χ3n) is 1.90. The summed E-state index contributed by atoms with van der Waals surface area (Å²) in [6.07, 6.45) is -1.82. The number of esters is 2. The Kier molecular flexibility index (Phi) is 5.81. The molecule has 0 aliphatic carbocycles. The number of carbonyl (C=O) groups excluding carboxylic acids is 3. The molecule has 1 aromatic rings. The fourth-order valence-corrected chi connectivity index (χ4v) is 1.24. The maximum Gasteiger partial charge on any atom is 0.407 e. The van der Waals surface area contributed by atoms with Crippen molar-refractivity contribution < 1.29 is 28.6 Å². The van der Waals surface area contributed by atoms with Gasteiger partial charge in [-0.3, -0.25) is 0 Å². The van der Waals surface area contributed by atoms with Crippen LogP contribution in [0.15, 0.2) is 30.3 Å². The van der Waals surface area contributed by atoms with Crippen molar-refractivity contribution in [1.82, 2.24) is 0 Å². The minimum atomic E-state index is -1.82. The summed E-state index contributed by atoms with van der Waals surface area (Å²) in [6.45, 7) is 1.59. The Bertz CT molecular complexity index is 459. The SMILES string of the molecule is CCOC(=O)C(OC(=O)Cl)OC(=O)c1ccccc1. The predicted molar refractivity (Wildman–Crippen MR) is 64.6 cm³/mol. The zero-order chi connectivity index (χ0) is 14.3. The molecule has 0 amide bonds. The van der Waals surface area contributed by atoms with Crippen molar-refractivity contribution in [3.05, 3.63) is 35.9 Å². The van der Waals surface area contributed by atoms with Crippen molar-refractivity contribution in [1.29, 1.82) is 0 Å². The molecule has 19 heavy (non-hydrogen) atoms. The van der Waals surface area contributed by atoms with Crippen molar-refractivity contribution in [2.24, 2.45) is 0 Å². The van der Waals surface area contributed by atoms with Crippen molar-refractivity contribution in [2.45, 2.75) is 13.2 Å². The Hall–Kier alpha value is -2.08. The molecule has 0 aliphatic rings. The molecule has 7 heteroatoms. The number of ether oxygens (including phenoxy) is 3. The van der Waals surface area contributed by atoms with Crippen molar-refractivity contribution >= 4 is 29.0 Å². The largest absolute Gasteiger partial charge is 0.460 e. The molecule has 0 N–H and O–H groups in total. The molecule has 0 heterocycles. The first-order chi connectivity index (χ1) is 9.04. The summed E-state index contributed by atoms with van der Waals surface area (Å²) in [7, 11) is 0. The van der Waals surface area contributed by atoms with Crippen LogP contribution in [0.5, 0.6) is 0 Å². The van der Waals surface area contributed by atoms with Crippen LogP contribution in [-0.4, -0.2) is 30.3 Å². The van der Waals surface area contributed by atoms with Gasteiger partial charge in [-0.05, 0) is 19.1 Å². The summed E-state index contributed by atoms with van der Waals surface area (Å²) < 4.78 is 13.7. The lowest BCUT2D eigenvalue weighted by Gasteiger charge is -2.15. The smallest absolute Gasteiger partial charge is 0.407 e. The molecule has 6 nitrogen and oxygen atoms in total. The molecular formula is C12H11ClO6. The van der Waals surface area contributed by atoms with Crippen molar-refractivity contribution in [2.75, 3.05) is 6.61 Å². The van der Waals surface area contributed by atoms with E-state index in [-0.39, 0.29) is 12.2 Å². The predicted octanol–water partition coefficient (Wildman–Crippen LogP) is 2.11. The van der Waals surface area contributed by atoms with Gasteiger partial charge >= 0.3 is 23.7 Å². The van der Waals surface area contributed by atoms with E-state index >= 15 is 0 Å². The van der Waals surface area contributed by atoms with Gasteiger partial charge in [-0.15, -0.1) is 0 Å². The Morgan fingerprint density at radius 1 is 1.16 bits per heavy atom. The molecule has 0 aromatic heterocycles. The lowest BCUT2D eigenvalue weighted by atomic mass is 10.2. The minimum Gasteiger partial charge on any atom is -0.460 e. The lowest BCUT2D eigenvalue weighted by molar-refractivity contribution is -0.172. The second-order valence-corrected chi connectivity index (χ2v) is 3.52. The van der Waals surface area contributed by atoms with Gasteiger partial charge in [0.2, 0.25) is 0 Å². The highest BCUT2D eigenvalue weighted by atomic mass is 35.5. The van der Waals surface area contributed by atoms with Crippen LogP contribution in [0.1, 0.15) is 17.3 Å². The number of halogens is 1. The third kappa shape index (κ3) is 4.97. The molecule has 0 saturated heterocycles. The van der Waals surface area contributed by atoms with E-state index < -0.39 is 23.7 Å². The quantitative estimate of drug-likeness (QED) is 0.468. The number of rotatable bonds is 5. The van der Waals surface area contributed by atoms with Crippen LogP contribution in [0.25, 0.3) is 0 Å². The second-order valence-electron chi connectivity index (χ2n) is 3.21. The van der Waals surface area contributed by atoms with Crippen LogP contribution in [0.3, 0.4) is 0 Å². The summed E-state index contributed by atoms with van der Waals surface area (Å²) in [5, 5.41) is 0. The first kappa shape index (κ1) is 15.0. The molecule has 0 radical (unpaired) electrons. The van der Waals surface area contributed by atoms with Crippen LogP contribution in [0, 0.1) is 0 Å². The van der Waals surface area contributed by atoms with Gasteiger partial charge in [0.1, 0.15) is 0 Å². The molecule has 0 bridgehead atoms. The van der Waals surface area contributed by atoms with Gasteiger partial charge in [-0.25, -0.2) is 14.4 Å². The average molecular weight is 287 g/mol. The number of hydrogen-bond donors (Lipinski definition) is 0. The van der Waals surface area contributed by atoms with E-state index in [2.05, 4.69) is 9.47 Å². The molecule has 1 atom stereocenters. The zero-order valence-electron chi connectivity index (χ0n) is 10.00. The average Bonchev–Trinajstić information content (AvgIpc) is 2.38. The van der Waals surface area contributed by atoms with E-state index in [1.807, 2.05) is 0 Å². The molecule has 1 rings (SSSR count). The minimum absolute atomic E-state index is 0.0397. The van der Waals surface area contributed by atoms with Crippen molar-refractivity contribution in [3.63, 3.8) is 0 Å². The molecule has 1 unspecified atom stereocenters. The van der Waals surface area contributed by atoms with Gasteiger partial charge in [0.05, 0.1) is 12.2 Å². The fourth-order valence-electron chi connectivity index (χ4n) is 1.15. The number of carbonyl (C=O) groups is 3. The van der Waals surface area contributed by atoms with E-state index in [0.717, 1.165) is 0 Å². The van der Waals surface area contributed by atoms with Gasteiger partial charge < -0.3 is 14.2 Å². The van der Waals surface area contributed by atoms with Gasteiger partial charge in [-0.1, -0.05) is 18.2 Å². The Labute approximate surface area is 114 Å². The lowest BCUT2D eigenvalue weighted by Crippen LogP contribution is -2.32. The van der Waals surface area contributed by atoms with Gasteiger partial charge in [0, 0.05) is 11.6 Å². The van der Waals surface area contributed by atoms with Crippen LogP contribution in [-0.2, 0) is 19.0 Å². The molecule has 0 spiro atoms. The highest BCUT2D eigenvalue weighted by Gasteiger charge is 2.28. The number of hydrogen-bond acceptors (Lipinski definition) is 6. The van der Waals surface area contributed by atoms with Crippen LogP contribution < -0.4 is 0 Å². The number of benzene rings is 1. The highest BCUT2D eigenvalue weighted by molar-refractivity contribution is 6.61. The maximum absolute atomic E-state index is 11.7. The Morgan fingerprint density at radius 3 is 2.32 bits per heavy atom. The van der Waals surface area contributed by atoms with Crippen molar-refractivity contribution in [3.8, 4) is 0 Å². The van der Waals surface area contributed by atoms with Crippen LogP contribution >= 0.6 is 11.6 Å². The van der Waals surface area contributed by atoms with E-state index in [4.69, 9.17) is 16.3 Å². The monoisotopic (exact) mass is 286 g/mol. The summed E-state index contributed by atoms with van der Waals surface area (Å²) in [6, 6.07) is 7.89. The summed E-state index contributed by atoms with van der Waals surface area (Å²) in [5.41, 5.74) is -1.08. The normalized spacial score (nSPS) is 11.3. The van der Waals surface area contributed by atoms with Gasteiger partial charge in [0.15, 0.2) is 0 Å². The van der Waals surface area contributed by atoms with Gasteiger partial charge in [-0.2, -0.15) is 0 Å². The van der Waals surface area contributed by atoms with E-state index in [1.54, 1.807) is 25.1 Å². The summed E-state index contributed by atoms with van der Waals surface area (Å²) >= 11 is 4.99. The van der Waals surface area contributed by atoms with Crippen LogP contribution in [0.4, 0.5) is 4.79 Å². The standard InChI is InChI=1S/C12H11ClO6/c1-2-17-10(15)11(19-12(13)16)18-9(14)8-6-4-3-5-7-8/h3-7,11H,2H2,1H3. The molecule has 1 aromatic carbocycles. The molecule has 0 aliphatic heterocycles. The van der Waals surface area contributed by atoms with E-state index in [9.17, 15) is 14.4 Å². The molecular weight excluding hydrogens is 276 g/mol. The molecule has 102 valence electrons. The summed E-state index contributed by atoms with van der Waals surface area (Å²) in [4.78, 5) is 33.7.